The van der Waals surface area contributed by atoms with E-state index in [0.29, 0.717) is 35.6 Å². The van der Waals surface area contributed by atoms with Gasteiger partial charge in [0.15, 0.2) is 0 Å². The van der Waals surface area contributed by atoms with Crippen LogP contribution in [0.25, 0.3) is 43.1 Å². The number of carbonyl (C=O) groups excluding carboxylic acids is 2. The van der Waals surface area contributed by atoms with E-state index in [1.165, 1.54) is 0 Å². The summed E-state index contributed by atoms with van der Waals surface area (Å²) in [5.74, 6) is -1.13. The van der Waals surface area contributed by atoms with Crippen LogP contribution in [0.1, 0.15) is 17.5 Å². The molecule has 0 aliphatic carbocycles. The highest BCUT2D eigenvalue weighted by Crippen LogP contribution is 2.40. The third-order valence-corrected chi connectivity index (χ3v) is 7.42. The van der Waals surface area contributed by atoms with Crippen LogP contribution in [0, 0.1) is 0 Å². The van der Waals surface area contributed by atoms with E-state index in [2.05, 4.69) is 9.97 Å². The molecule has 0 atom stereocenters. The fraction of sp³-hybridized carbons (Fsp3) is 0.0909. The highest BCUT2D eigenvalue weighted by atomic mass is 16.6. The normalized spacial score (nSPS) is 14.0. The van der Waals surface area contributed by atoms with Crippen LogP contribution in [-0.2, 0) is 22.4 Å². The lowest BCUT2D eigenvalue weighted by molar-refractivity contribution is -0.131. The van der Waals surface area contributed by atoms with Crippen molar-refractivity contribution in [2.75, 3.05) is 0 Å². The van der Waals surface area contributed by atoms with E-state index in [9.17, 15) is 19.8 Å². The minimum atomic E-state index is -0.742. The summed E-state index contributed by atoms with van der Waals surface area (Å²) in [4.78, 5) is 33.7. The Hall–Kier alpha value is -5.50. The SMILES string of the molecule is O=C1/C=C\C(=O)Oc2nc(c(CCCc3cncc4ccc5ccc(O)cc5c34)c3c2ccc2ccc(O)cc23)O1. The molecule has 8 nitrogen and oxygen atoms in total. The summed E-state index contributed by atoms with van der Waals surface area (Å²) in [5.41, 5.74) is 1.68. The summed E-state index contributed by atoms with van der Waals surface area (Å²) in [6.07, 6.45) is 7.42. The van der Waals surface area contributed by atoms with Gasteiger partial charge in [0.1, 0.15) is 11.5 Å². The van der Waals surface area contributed by atoms with E-state index in [1.807, 2.05) is 42.7 Å². The minimum Gasteiger partial charge on any atom is -0.508 e. The van der Waals surface area contributed by atoms with Gasteiger partial charge < -0.3 is 19.7 Å². The molecule has 2 bridgehead atoms. The Kier molecular flexibility index (Phi) is 5.75. The summed E-state index contributed by atoms with van der Waals surface area (Å²) in [7, 11) is 0. The van der Waals surface area contributed by atoms with E-state index in [1.54, 1.807) is 30.3 Å². The lowest BCUT2D eigenvalue weighted by Gasteiger charge is -2.16. The van der Waals surface area contributed by atoms with Crippen LogP contribution in [0.3, 0.4) is 0 Å². The molecule has 2 N–H and O–H groups in total. The molecule has 3 heterocycles. The van der Waals surface area contributed by atoms with E-state index >= 15 is 0 Å². The molecule has 6 aromatic rings. The number of benzene rings is 4. The number of carbonyl (C=O) groups is 2. The second-order valence-corrected chi connectivity index (χ2v) is 9.99. The predicted molar refractivity (Wildman–Crippen MR) is 154 cm³/mol. The lowest BCUT2D eigenvalue weighted by atomic mass is 9.93. The molecular weight excluding hydrogens is 520 g/mol. The maximum atomic E-state index is 12.5. The van der Waals surface area contributed by atoms with Gasteiger partial charge in [0, 0.05) is 46.3 Å². The Balaban J connectivity index is 1.36. The number of rotatable bonds is 4. The van der Waals surface area contributed by atoms with Gasteiger partial charge in [0.05, 0.1) is 0 Å². The van der Waals surface area contributed by atoms with Crippen LogP contribution in [0.5, 0.6) is 23.3 Å². The maximum absolute atomic E-state index is 12.5. The minimum absolute atomic E-state index is 0.0258. The average Bonchev–Trinajstić information content (AvgIpc) is 3.02. The second kappa shape index (κ2) is 9.60. The molecule has 8 heteroatoms. The molecule has 200 valence electrons. The van der Waals surface area contributed by atoms with Crippen LogP contribution in [0.15, 0.2) is 85.2 Å². The quantitative estimate of drug-likeness (QED) is 0.204. The molecule has 4 aromatic carbocycles. The van der Waals surface area contributed by atoms with Gasteiger partial charge in [-0.15, -0.1) is 0 Å². The zero-order chi connectivity index (χ0) is 28.1. The highest BCUT2D eigenvalue weighted by Gasteiger charge is 2.23. The van der Waals surface area contributed by atoms with Crippen LogP contribution in [0.2, 0.25) is 0 Å². The van der Waals surface area contributed by atoms with Gasteiger partial charge in [-0.05, 0) is 82.1 Å². The molecule has 0 saturated heterocycles. The molecule has 2 aromatic heterocycles. The van der Waals surface area contributed by atoms with Gasteiger partial charge in [0.2, 0.25) is 11.8 Å². The first-order chi connectivity index (χ1) is 19.9. The number of phenolic OH excluding ortho intramolecular Hbond substituents is 2. The van der Waals surface area contributed by atoms with Gasteiger partial charge >= 0.3 is 11.9 Å². The first kappa shape index (κ1) is 24.5. The van der Waals surface area contributed by atoms with E-state index in [-0.39, 0.29) is 23.3 Å². The van der Waals surface area contributed by atoms with Gasteiger partial charge in [-0.25, -0.2) is 9.59 Å². The summed E-state index contributed by atoms with van der Waals surface area (Å²) in [6.45, 7) is 0. The fourth-order valence-electron chi connectivity index (χ4n) is 5.63. The Morgan fingerprint density at radius 3 is 1.98 bits per heavy atom. The molecule has 0 radical (unpaired) electrons. The molecule has 0 fully saturated rings. The monoisotopic (exact) mass is 542 g/mol. The van der Waals surface area contributed by atoms with Crippen molar-refractivity contribution in [1.82, 2.24) is 9.97 Å². The summed E-state index contributed by atoms with van der Waals surface area (Å²) >= 11 is 0. The third-order valence-electron chi connectivity index (χ3n) is 7.42. The number of hydrogen-bond donors (Lipinski definition) is 2. The standard InChI is InChI=1S/C33H22N2O6/c36-22-9-6-18-4-5-21-17-34-16-20(30(21)26(18)14-22)2-1-3-24-31-25(11-8-19-7-10-23(37)15-27(19)31)33-35-32(24)40-28(38)12-13-29(39)41-33/h4-17,36-37H,1-3H2/b13-12-. The van der Waals surface area contributed by atoms with Gasteiger partial charge in [-0.3, -0.25) is 4.98 Å². The van der Waals surface area contributed by atoms with E-state index in [4.69, 9.17) is 9.47 Å². The van der Waals surface area contributed by atoms with Crippen molar-refractivity contribution in [3.63, 3.8) is 0 Å². The van der Waals surface area contributed by atoms with Crippen LogP contribution in [0.4, 0.5) is 0 Å². The Bertz CT molecular complexity index is 2100. The number of esters is 2. The largest absolute Gasteiger partial charge is 0.508 e. The van der Waals surface area contributed by atoms with Gasteiger partial charge in [0.25, 0.3) is 0 Å². The highest BCUT2D eigenvalue weighted by molar-refractivity contribution is 6.13. The number of pyridine rings is 2. The second-order valence-electron chi connectivity index (χ2n) is 9.99. The average molecular weight is 543 g/mol. The summed E-state index contributed by atoms with van der Waals surface area (Å²) < 4.78 is 11.1. The van der Waals surface area contributed by atoms with Crippen molar-refractivity contribution in [3.05, 3.63) is 96.3 Å². The number of fused-ring (bicyclic) bond motifs is 9. The molecule has 1 aliphatic heterocycles. The number of nitrogens with zero attached hydrogens (tertiary/aromatic N) is 2. The topological polar surface area (TPSA) is 119 Å². The number of ether oxygens (including phenoxy) is 2. The number of aromatic hydroxyl groups is 2. The number of aromatic nitrogens is 2. The fourth-order valence-corrected chi connectivity index (χ4v) is 5.63. The van der Waals surface area contributed by atoms with Crippen molar-refractivity contribution in [2.24, 2.45) is 0 Å². The number of hydrogen-bond acceptors (Lipinski definition) is 8. The van der Waals surface area contributed by atoms with Crippen molar-refractivity contribution < 1.29 is 29.3 Å². The molecule has 0 saturated carbocycles. The smallest absolute Gasteiger partial charge is 0.337 e. The van der Waals surface area contributed by atoms with Crippen molar-refractivity contribution in [3.8, 4) is 23.3 Å². The van der Waals surface area contributed by atoms with Crippen LogP contribution >= 0.6 is 0 Å². The first-order valence-electron chi connectivity index (χ1n) is 13.1. The molecular formula is C33H22N2O6. The molecule has 0 amide bonds. The number of phenols is 2. The first-order valence-corrected chi connectivity index (χ1v) is 13.1. The van der Waals surface area contributed by atoms with Crippen molar-refractivity contribution in [2.45, 2.75) is 19.3 Å². The molecule has 1 aliphatic rings. The number of aryl methyl sites for hydroxylation is 2. The summed E-state index contributed by atoms with van der Waals surface area (Å²) in [5, 5.41) is 27.3. The Morgan fingerprint density at radius 1 is 0.634 bits per heavy atom. The maximum Gasteiger partial charge on any atom is 0.337 e. The molecule has 7 rings (SSSR count). The lowest BCUT2D eigenvalue weighted by Crippen LogP contribution is -2.08. The van der Waals surface area contributed by atoms with Crippen molar-refractivity contribution in [1.29, 1.82) is 0 Å². The Labute approximate surface area is 233 Å². The van der Waals surface area contributed by atoms with Gasteiger partial charge in [-0.1, -0.05) is 30.3 Å². The van der Waals surface area contributed by atoms with Gasteiger partial charge in [-0.2, -0.15) is 4.98 Å². The molecule has 41 heavy (non-hydrogen) atoms. The van der Waals surface area contributed by atoms with E-state index < -0.39 is 11.9 Å². The Morgan fingerprint density at radius 2 is 1.24 bits per heavy atom. The molecule has 0 spiro atoms. The van der Waals surface area contributed by atoms with E-state index in [0.717, 1.165) is 50.0 Å². The third kappa shape index (κ3) is 4.35. The molecule has 0 unspecified atom stereocenters. The zero-order valence-electron chi connectivity index (χ0n) is 21.6. The van der Waals surface area contributed by atoms with Crippen molar-refractivity contribution >= 4 is 55.0 Å². The van der Waals surface area contributed by atoms with Crippen LogP contribution < -0.4 is 9.47 Å². The summed E-state index contributed by atoms with van der Waals surface area (Å²) in [6, 6.07) is 18.1. The van der Waals surface area contributed by atoms with Crippen LogP contribution in [-0.4, -0.2) is 32.1 Å². The zero-order valence-corrected chi connectivity index (χ0v) is 21.6. The predicted octanol–water partition coefficient (Wildman–Crippen LogP) is 6.06.